The molecule has 0 aliphatic rings. The molecule has 3 aromatic rings. The van der Waals surface area contributed by atoms with Crippen molar-refractivity contribution in [2.24, 2.45) is 0 Å². The molecule has 0 aliphatic heterocycles. The van der Waals surface area contributed by atoms with Crippen LogP contribution in [-0.2, 0) is 4.79 Å². The van der Waals surface area contributed by atoms with E-state index in [4.69, 9.17) is 28.3 Å². The van der Waals surface area contributed by atoms with Gasteiger partial charge in [-0.15, -0.1) is 0 Å². The summed E-state index contributed by atoms with van der Waals surface area (Å²) < 4.78 is 1.51. The highest BCUT2D eigenvalue weighted by Gasteiger charge is 2.14. The summed E-state index contributed by atoms with van der Waals surface area (Å²) in [6.07, 6.45) is 1.45. The van der Waals surface area contributed by atoms with Gasteiger partial charge in [0.05, 0.1) is 33.3 Å². The van der Waals surface area contributed by atoms with Crippen molar-refractivity contribution in [3.05, 3.63) is 68.7 Å². The predicted molar refractivity (Wildman–Crippen MR) is 102 cm³/mol. The standard InChI is InChI=1S/C18H15Cl2N3O3/c1-10(11-2-5-14(19)15(20)6-11)23-9-21-16-7-12(22-17(25)8-24)3-4-13(16)18(23)26/h2-7,9-10,24H,8H2,1H3,(H,22,25). The van der Waals surface area contributed by atoms with Crippen molar-refractivity contribution in [2.45, 2.75) is 13.0 Å². The van der Waals surface area contributed by atoms with Crippen LogP contribution in [-0.4, -0.2) is 27.2 Å². The monoisotopic (exact) mass is 391 g/mol. The zero-order valence-electron chi connectivity index (χ0n) is 13.7. The second-order valence-corrected chi connectivity index (χ2v) is 6.56. The van der Waals surface area contributed by atoms with Crippen LogP contribution in [0.5, 0.6) is 0 Å². The van der Waals surface area contributed by atoms with Gasteiger partial charge in [-0.2, -0.15) is 0 Å². The molecular formula is C18H15Cl2N3O3. The molecule has 6 nitrogen and oxygen atoms in total. The first kappa shape index (κ1) is 18.4. The number of aliphatic hydroxyl groups is 1. The van der Waals surface area contributed by atoms with Crippen molar-refractivity contribution in [3.63, 3.8) is 0 Å². The summed E-state index contributed by atoms with van der Waals surface area (Å²) in [4.78, 5) is 28.4. The number of aromatic nitrogens is 2. The first-order valence-electron chi connectivity index (χ1n) is 7.77. The van der Waals surface area contributed by atoms with E-state index in [9.17, 15) is 9.59 Å². The lowest BCUT2D eigenvalue weighted by Gasteiger charge is -2.16. The maximum atomic E-state index is 12.8. The summed E-state index contributed by atoms with van der Waals surface area (Å²) in [5, 5.41) is 12.6. The van der Waals surface area contributed by atoms with Crippen LogP contribution >= 0.6 is 23.2 Å². The summed E-state index contributed by atoms with van der Waals surface area (Å²) >= 11 is 12.0. The summed E-state index contributed by atoms with van der Waals surface area (Å²) in [5.74, 6) is -0.536. The SMILES string of the molecule is CC(c1ccc(Cl)c(Cl)c1)n1cnc2cc(NC(=O)CO)ccc2c1=O. The molecule has 0 radical (unpaired) electrons. The topological polar surface area (TPSA) is 84.2 Å². The van der Waals surface area contributed by atoms with Crippen molar-refractivity contribution < 1.29 is 9.90 Å². The van der Waals surface area contributed by atoms with Crippen LogP contribution < -0.4 is 10.9 Å². The number of benzene rings is 2. The molecule has 1 atom stereocenters. The van der Waals surface area contributed by atoms with Crippen molar-refractivity contribution in [2.75, 3.05) is 11.9 Å². The van der Waals surface area contributed by atoms with Crippen molar-refractivity contribution in [1.29, 1.82) is 0 Å². The molecule has 2 N–H and O–H groups in total. The Labute approximate surface area is 159 Å². The number of rotatable bonds is 4. The zero-order chi connectivity index (χ0) is 18.8. The molecule has 0 aliphatic carbocycles. The van der Waals surface area contributed by atoms with E-state index in [1.54, 1.807) is 30.3 Å². The number of fused-ring (bicyclic) bond motifs is 1. The average molecular weight is 392 g/mol. The van der Waals surface area contributed by atoms with Gasteiger partial charge in [0, 0.05) is 5.69 Å². The molecule has 2 aromatic carbocycles. The number of hydrogen-bond acceptors (Lipinski definition) is 4. The maximum Gasteiger partial charge on any atom is 0.261 e. The van der Waals surface area contributed by atoms with Gasteiger partial charge in [-0.3, -0.25) is 14.2 Å². The fourth-order valence-corrected chi connectivity index (χ4v) is 2.93. The van der Waals surface area contributed by atoms with Crippen LogP contribution in [0.1, 0.15) is 18.5 Å². The Bertz CT molecular complexity index is 1050. The highest BCUT2D eigenvalue weighted by atomic mass is 35.5. The van der Waals surface area contributed by atoms with E-state index in [0.717, 1.165) is 5.56 Å². The van der Waals surface area contributed by atoms with E-state index < -0.39 is 12.5 Å². The third-order valence-electron chi connectivity index (χ3n) is 4.05. The molecule has 0 saturated heterocycles. The van der Waals surface area contributed by atoms with E-state index >= 15 is 0 Å². The lowest BCUT2D eigenvalue weighted by Crippen LogP contribution is -2.24. The molecule has 0 saturated carbocycles. The second-order valence-electron chi connectivity index (χ2n) is 5.74. The maximum absolute atomic E-state index is 12.8. The van der Waals surface area contributed by atoms with Gasteiger partial charge >= 0.3 is 0 Å². The van der Waals surface area contributed by atoms with E-state index in [-0.39, 0.29) is 11.6 Å². The number of aliphatic hydroxyl groups excluding tert-OH is 1. The van der Waals surface area contributed by atoms with E-state index in [2.05, 4.69) is 10.3 Å². The molecule has 8 heteroatoms. The Hall–Kier alpha value is -2.41. The lowest BCUT2D eigenvalue weighted by atomic mass is 10.1. The molecule has 3 rings (SSSR count). The van der Waals surface area contributed by atoms with Gasteiger partial charge in [-0.25, -0.2) is 4.98 Å². The van der Waals surface area contributed by atoms with Crippen molar-refractivity contribution >= 4 is 45.7 Å². The molecule has 1 heterocycles. The highest BCUT2D eigenvalue weighted by Crippen LogP contribution is 2.27. The van der Waals surface area contributed by atoms with Crippen LogP contribution in [0.2, 0.25) is 10.0 Å². The number of anilines is 1. The summed E-state index contributed by atoms with van der Waals surface area (Å²) in [5.41, 5.74) is 1.52. The molecule has 1 unspecified atom stereocenters. The van der Waals surface area contributed by atoms with Gasteiger partial charge < -0.3 is 10.4 Å². The van der Waals surface area contributed by atoms with E-state index in [0.29, 0.717) is 26.6 Å². The Morgan fingerprint density at radius 3 is 2.69 bits per heavy atom. The molecule has 1 aromatic heterocycles. The van der Waals surface area contributed by atoms with Gasteiger partial charge in [-0.1, -0.05) is 29.3 Å². The molecule has 26 heavy (non-hydrogen) atoms. The van der Waals surface area contributed by atoms with Gasteiger partial charge in [0.15, 0.2) is 0 Å². The summed E-state index contributed by atoms with van der Waals surface area (Å²) in [7, 11) is 0. The quantitative estimate of drug-likeness (QED) is 0.714. The molecule has 1 amide bonds. The molecule has 0 bridgehead atoms. The fourth-order valence-electron chi connectivity index (χ4n) is 2.62. The number of halogens is 2. The van der Waals surface area contributed by atoms with Crippen LogP contribution in [0, 0.1) is 0 Å². The minimum atomic E-state index is -0.617. The van der Waals surface area contributed by atoms with Crippen LogP contribution in [0.3, 0.4) is 0 Å². The van der Waals surface area contributed by atoms with Crippen LogP contribution in [0.4, 0.5) is 5.69 Å². The van der Waals surface area contributed by atoms with Gasteiger partial charge in [0.2, 0.25) is 5.91 Å². The number of nitrogens with zero attached hydrogens (tertiary/aromatic N) is 2. The predicted octanol–water partition coefficient (Wildman–Crippen LogP) is 3.24. The lowest BCUT2D eigenvalue weighted by molar-refractivity contribution is -0.118. The number of carbonyl (C=O) groups is 1. The molecule has 134 valence electrons. The number of nitrogens with one attached hydrogen (secondary N) is 1. The molecule has 0 spiro atoms. The fraction of sp³-hybridized carbons (Fsp3) is 0.167. The third-order valence-corrected chi connectivity index (χ3v) is 4.79. The van der Waals surface area contributed by atoms with Gasteiger partial charge in [0.25, 0.3) is 5.56 Å². The average Bonchev–Trinajstić information content (AvgIpc) is 2.63. The summed E-state index contributed by atoms with van der Waals surface area (Å²) in [6, 6.07) is 9.69. The largest absolute Gasteiger partial charge is 0.387 e. The molecular weight excluding hydrogens is 377 g/mol. The Morgan fingerprint density at radius 2 is 2.00 bits per heavy atom. The van der Waals surface area contributed by atoms with Crippen LogP contribution in [0.25, 0.3) is 10.9 Å². The Kier molecular flexibility index (Phi) is 5.27. The smallest absolute Gasteiger partial charge is 0.261 e. The Morgan fingerprint density at radius 1 is 1.23 bits per heavy atom. The van der Waals surface area contributed by atoms with Crippen molar-refractivity contribution in [1.82, 2.24) is 9.55 Å². The van der Waals surface area contributed by atoms with Crippen molar-refractivity contribution in [3.8, 4) is 0 Å². The first-order chi connectivity index (χ1) is 12.4. The third kappa shape index (κ3) is 3.58. The minimum Gasteiger partial charge on any atom is -0.387 e. The van der Waals surface area contributed by atoms with E-state index in [1.807, 2.05) is 13.0 Å². The molecule has 0 fully saturated rings. The first-order valence-corrected chi connectivity index (χ1v) is 8.53. The normalized spacial score (nSPS) is 12.2. The van der Waals surface area contributed by atoms with Crippen LogP contribution in [0.15, 0.2) is 47.5 Å². The van der Waals surface area contributed by atoms with Gasteiger partial charge in [-0.05, 0) is 42.8 Å². The number of amides is 1. The summed E-state index contributed by atoms with van der Waals surface area (Å²) in [6.45, 7) is 1.25. The zero-order valence-corrected chi connectivity index (χ0v) is 15.3. The minimum absolute atomic E-state index is 0.214. The highest BCUT2D eigenvalue weighted by molar-refractivity contribution is 6.42. The van der Waals surface area contributed by atoms with E-state index in [1.165, 1.54) is 10.9 Å². The second kappa shape index (κ2) is 7.45. The van der Waals surface area contributed by atoms with Gasteiger partial charge in [0.1, 0.15) is 6.61 Å². The number of carbonyl (C=O) groups excluding carboxylic acids is 1. The Balaban J connectivity index is 2.01. The number of hydrogen-bond donors (Lipinski definition) is 2.